The number of carbonyl (C=O) groups is 2. The molecule has 0 spiro atoms. The van der Waals surface area contributed by atoms with Crippen LogP contribution in [0.2, 0.25) is 5.02 Å². The fourth-order valence-electron chi connectivity index (χ4n) is 2.84. The zero-order chi connectivity index (χ0) is 16.6. The molecule has 0 unspecified atom stereocenters. The van der Waals surface area contributed by atoms with Gasteiger partial charge in [-0.2, -0.15) is 0 Å². The van der Waals surface area contributed by atoms with Gasteiger partial charge in [0, 0.05) is 11.6 Å². The highest BCUT2D eigenvalue weighted by atomic mass is 35.5. The quantitative estimate of drug-likeness (QED) is 0.841. The van der Waals surface area contributed by atoms with Crippen LogP contribution in [-0.2, 0) is 12.8 Å². The third-order valence-corrected chi connectivity index (χ3v) is 4.52. The maximum atomic E-state index is 12.3. The Bertz CT molecular complexity index is 785. The normalized spacial score (nSPS) is 16.7. The van der Waals surface area contributed by atoms with E-state index in [1.54, 1.807) is 13.0 Å². The highest BCUT2D eigenvalue weighted by Gasteiger charge is 2.23. The van der Waals surface area contributed by atoms with E-state index in [4.69, 9.17) is 21.9 Å². The molecule has 0 aliphatic heterocycles. The first-order valence-corrected chi connectivity index (χ1v) is 7.67. The molecule has 1 amide bonds. The molecule has 3 rings (SSSR count). The van der Waals surface area contributed by atoms with Gasteiger partial charge in [0.25, 0.3) is 5.91 Å². The lowest BCUT2D eigenvalue weighted by Gasteiger charge is -2.24. The molecule has 1 aliphatic carbocycles. The topological polar surface area (TPSA) is 98.2 Å². The van der Waals surface area contributed by atoms with Gasteiger partial charge in [-0.3, -0.25) is 9.59 Å². The number of nitrogens with one attached hydrogen (secondary N) is 1. The van der Waals surface area contributed by atoms with Crippen LogP contribution in [0, 0.1) is 6.92 Å². The average molecular weight is 334 g/mol. The number of rotatable bonds is 3. The molecule has 1 aliphatic rings. The number of halogens is 1. The molecule has 7 heteroatoms. The summed E-state index contributed by atoms with van der Waals surface area (Å²) in [5.74, 6) is -0.144. The Hall–Kier alpha value is -2.18. The summed E-state index contributed by atoms with van der Waals surface area (Å²) in [6.07, 6.45) is 3.04. The first-order chi connectivity index (χ1) is 11.0. The van der Waals surface area contributed by atoms with Crippen LogP contribution in [-0.4, -0.2) is 23.4 Å². The summed E-state index contributed by atoms with van der Waals surface area (Å²) >= 11 is 5.97. The number of benzene rings is 1. The number of nitrogens with zero attached hydrogens (tertiary/aromatic N) is 1. The minimum atomic E-state index is -0.512. The molecule has 1 aromatic heterocycles. The SMILES string of the molecule is Cc1onc(C(=O)Nc2ccc3c(c2C=O)CC[C@H](N)C3)c1Cl. The summed E-state index contributed by atoms with van der Waals surface area (Å²) in [5, 5.41) is 6.49. The molecule has 6 nitrogen and oxygen atoms in total. The zero-order valence-corrected chi connectivity index (χ0v) is 13.3. The maximum absolute atomic E-state index is 12.3. The van der Waals surface area contributed by atoms with Gasteiger partial charge in [0.1, 0.15) is 5.02 Å². The van der Waals surface area contributed by atoms with Gasteiger partial charge >= 0.3 is 0 Å². The van der Waals surface area contributed by atoms with Crippen LogP contribution >= 0.6 is 11.6 Å². The van der Waals surface area contributed by atoms with E-state index in [0.717, 1.165) is 36.7 Å². The number of nitrogens with two attached hydrogens (primary N) is 1. The van der Waals surface area contributed by atoms with Gasteiger partial charge in [0.05, 0.1) is 5.69 Å². The standard InChI is InChI=1S/C16H16ClN3O3/c1-8-14(17)15(20-23-8)16(22)19-13-5-2-9-6-10(18)3-4-11(9)12(13)7-21/h2,5,7,10H,3-4,6,18H2,1H3,(H,19,22)/t10-/m0/s1. The third kappa shape index (κ3) is 2.87. The molecule has 1 aromatic carbocycles. The predicted molar refractivity (Wildman–Crippen MR) is 86.0 cm³/mol. The van der Waals surface area contributed by atoms with Gasteiger partial charge in [-0.25, -0.2) is 0 Å². The van der Waals surface area contributed by atoms with Crippen molar-refractivity contribution in [2.24, 2.45) is 5.73 Å². The molecule has 0 saturated carbocycles. The van der Waals surface area contributed by atoms with Crippen LogP contribution in [0.4, 0.5) is 5.69 Å². The number of aryl methyl sites for hydroxylation is 1. The summed E-state index contributed by atoms with van der Waals surface area (Å²) in [6.45, 7) is 1.62. The first-order valence-electron chi connectivity index (χ1n) is 7.30. The van der Waals surface area contributed by atoms with Crippen LogP contribution in [0.25, 0.3) is 0 Å². The first kappa shape index (κ1) is 15.7. The summed E-state index contributed by atoms with van der Waals surface area (Å²) in [5.41, 5.74) is 8.89. The molecule has 1 heterocycles. The molecular formula is C16H16ClN3O3. The van der Waals surface area contributed by atoms with Crippen LogP contribution in [0.1, 0.15) is 44.2 Å². The number of hydrogen-bond donors (Lipinski definition) is 2. The fourth-order valence-corrected chi connectivity index (χ4v) is 2.99. The molecule has 0 radical (unpaired) electrons. The Morgan fingerprint density at radius 2 is 2.30 bits per heavy atom. The minimum Gasteiger partial charge on any atom is -0.359 e. The van der Waals surface area contributed by atoms with Gasteiger partial charge < -0.3 is 15.6 Å². The molecule has 0 saturated heterocycles. The molecule has 0 bridgehead atoms. The second-order valence-electron chi connectivity index (χ2n) is 5.64. The number of anilines is 1. The third-order valence-electron chi connectivity index (χ3n) is 4.07. The van der Waals surface area contributed by atoms with Gasteiger partial charge in [0.15, 0.2) is 17.7 Å². The van der Waals surface area contributed by atoms with E-state index in [-0.39, 0.29) is 16.8 Å². The van der Waals surface area contributed by atoms with E-state index in [9.17, 15) is 9.59 Å². The van der Waals surface area contributed by atoms with E-state index < -0.39 is 5.91 Å². The van der Waals surface area contributed by atoms with Crippen molar-refractivity contribution in [2.75, 3.05) is 5.32 Å². The van der Waals surface area contributed by atoms with Crippen LogP contribution in [0.15, 0.2) is 16.7 Å². The van der Waals surface area contributed by atoms with Crippen molar-refractivity contribution in [1.29, 1.82) is 0 Å². The van der Waals surface area contributed by atoms with Gasteiger partial charge in [-0.1, -0.05) is 22.8 Å². The number of aldehydes is 1. The minimum absolute atomic E-state index is 0.000702. The van der Waals surface area contributed by atoms with Crippen molar-refractivity contribution in [3.05, 3.63) is 45.3 Å². The predicted octanol–water partition coefficient (Wildman–Crippen LogP) is 2.52. The second-order valence-corrected chi connectivity index (χ2v) is 6.02. The van der Waals surface area contributed by atoms with Gasteiger partial charge in [-0.05, 0) is 43.4 Å². The number of carbonyl (C=O) groups excluding carboxylic acids is 2. The van der Waals surface area contributed by atoms with Crippen LogP contribution < -0.4 is 11.1 Å². The van der Waals surface area contributed by atoms with Crippen molar-refractivity contribution in [2.45, 2.75) is 32.2 Å². The molecule has 3 N–H and O–H groups in total. The lowest BCUT2D eigenvalue weighted by Crippen LogP contribution is -2.28. The Kier molecular flexibility index (Phi) is 4.19. The average Bonchev–Trinajstić information content (AvgIpc) is 2.87. The Labute approximate surface area is 138 Å². The van der Waals surface area contributed by atoms with Crippen molar-refractivity contribution in [1.82, 2.24) is 5.16 Å². The van der Waals surface area contributed by atoms with Crippen molar-refractivity contribution in [3.63, 3.8) is 0 Å². The van der Waals surface area contributed by atoms with Gasteiger partial charge in [0.2, 0.25) is 0 Å². The maximum Gasteiger partial charge on any atom is 0.279 e. The highest BCUT2D eigenvalue weighted by Crippen LogP contribution is 2.29. The highest BCUT2D eigenvalue weighted by molar-refractivity contribution is 6.34. The molecule has 120 valence electrons. The summed E-state index contributed by atoms with van der Waals surface area (Å²) in [4.78, 5) is 23.8. The number of amides is 1. The summed E-state index contributed by atoms with van der Waals surface area (Å²) < 4.78 is 4.89. The zero-order valence-electron chi connectivity index (χ0n) is 12.6. The largest absolute Gasteiger partial charge is 0.359 e. The molecule has 2 aromatic rings. The van der Waals surface area contributed by atoms with Crippen LogP contribution in [0.3, 0.4) is 0 Å². The smallest absolute Gasteiger partial charge is 0.279 e. The molecular weight excluding hydrogens is 318 g/mol. The monoisotopic (exact) mass is 333 g/mol. The lowest BCUT2D eigenvalue weighted by molar-refractivity contribution is 0.101. The van der Waals surface area contributed by atoms with E-state index >= 15 is 0 Å². The summed E-state index contributed by atoms with van der Waals surface area (Å²) in [7, 11) is 0. The number of hydrogen-bond acceptors (Lipinski definition) is 5. The van der Waals surface area contributed by atoms with Crippen molar-refractivity contribution in [3.8, 4) is 0 Å². The number of aromatic nitrogens is 1. The van der Waals surface area contributed by atoms with Gasteiger partial charge in [-0.15, -0.1) is 0 Å². The fraction of sp³-hybridized carbons (Fsp3) is 0.312. The van der Waals surface area contributed by atoms with Crippen molar-refractivity contribution >= 4 is 29.5 Å². The Morgan fingerprint density at radius 3 is 2.96 bits per heavy atom. The second kappa shape index (κ2) is 6.14. The van der Waals surface area contributed by atoms with Crippen molar-refractivity contribution < 1.29 is 14.1 Å². The van der Waals surface area contributed by atoms with E-state index in [1.807, 2.05) is 6.07 Å². The van der Waals surface area contributed by atoms with E-state index in [2.05, 4.69) is 10.5 Å². The Balaban J connectivity index is 1.93. The van der Waals surface area contributed by atoms with Crippen LogP contribution in [0.5, 0.6) is 0 Å². The Morgan fingerprint density at radius 1 is 1.52 bits per heavy atom. The lowest BCUT2D eigenvalue weighted by atomic mass is 9.85. The van der Waals surface area contributed by atoms with E-state index in [0.29, 0.717) is 17.0 Å². The summed E-state index contributed by atoms with van der Waals surface area (Å²) in [6, 6.07) is 3.71. The number of fused-ring (bicyclic) bond motifs is 1. The molecule has 1 atom stereocenters. The van der Waals surface area contributed by atoms with E-state index in [1.165, 1.54) is 0 Å². The molecule has 0 fully saturated rings. The molecule has 23 heavy (non-hydrogen) atoms.